The lowest BCUT2D eigenvalue weighted by Gasteiger charge is -2.23. The highest BCUT2D eigenvalue weighted by Gasteiger charge is 2.17. The number of carbonyl (C=O) groups is 1. The van der Waals surface area contributed by atoms with E-state index in [1.807, 2.05) is 0 Å². The molecule has 2 rings (SSSR count). The molecule has 1 aromatic rings. The molecule has 1 fully saturated rings. The normalized spacial score (nSPS) is 19.4. The zero-order chi connectivity index (χ0) is 13.0. The lowest BCUT2D eigenvalue weighted by molar-refractivity contribution is -0.0113. The predicted octanol–water partition coefficient (Wildman–Crippen LogP) is 1.91. The SMILES string of the molecule is Nc1ccc(OCC2CCCCO2)c(C(=O)O)c1. The molecule has 0 aromatic heterocycles. The molecule has 1 heterocycles. The summed E-state index contributed by atoms with van der Waals surface area (Å²) in [5, 5.41) is 9.06. The molecule has 1 aromatic carbocycles. The van der Waals surface area contributed by atoms with Crippen LogP contribution in [0.25, 0.3) is 0 Å². The van der Waals surface area contributed by atoms with Crippen molar-refractivity contribution in [2.75, 3.05) is 18.9 Å². The molecule has 1 aliphatic rings. The molecule has 0 bridgehead atoms. The number of carboxylic acids is 1. The third-order valence-corrected chi connectivity index (χ3v) is 2.93. The summed E-state index contributed by atoms with van der Waals surface area (Å²) in [4.78, 5) is 11.1. The summed E-state index contributed by atoms with van der Waals surface area (Å²) in [6, 6.07) is 4.62. The van der Waals surface area contributed by atoms with Gasteiger partial charge < -0.3 is 20.3 Å². The third-order valence-electron chi connectivity index (χ3n) is 2.93. The standard InChI is InChI=1S/C13H17NO4/c14-9-4-5-12(11(7-9)13(15)16)18-8-10-3-1-2-6-17-10/h4-5,7,10H,1-3,6,8,14H2,(H,15,16). The van der Waals surface area contributed by atoms with E-state index in [9.17, 15) is 4.79 Å². The Morgan fingerprint density at radius 1 is 1.50 bits per heavy atom. The molecule has 0 spiro atoms. The Kier molecular flexibility index (Phi) is 4.04. The number of nitrogens with two attached hydrogens (primary N) is 1. The number of hydrogen-bond acceptors (Lipinski definition) is 4. The van der Waals surface area contributed by atoms with Gasteiger partial charge in [-0.3, -0.25) is 0 Å². The Bertz CT molecular complexity index is 427. The minimum Gasteiger partial charge on any atom is -0.490 e. The fourth-order valence-corrected chi connectivity index (χ4v) is 1.96. The zero-order valence-corrected chi connectivity index (χ0v) is 10.1. The molecule has 0 saturated carbocycles. The molecule has 3 N–H and O–H groups in total. The smallest absolute Gasteiger partial charge is 0.339 e. The molecule has 5 nitrogen and oxygen atoms in total. The quantitative estimate of drug-likeness (QED) is 0.799. The van der Waals surface area contributed by atoms with Crippen LogP contribution in [0.4, 0.5) is 5.69 Å². The van der Waals surface area contributed by atoms with Crippen molar-refractivity contribution in [3.63, 3.8) is 0 Å². The Balaban J connectivity index is 2.01. The molecule has 1 saturated heterocycles. The molecular weight excluding hydrogens is 234 g/mol. The average Bonchev–Trinajstić information content (AvgIpc) is 2.38. The maximum Gasteiger partial charge on any atom is 0.339 e. The first-order valence-corrected chi connectivity index (χ1v) is 6.04. The summed E-state index contributed by atoms with van der Waals surface area (Å²) in [5.41, 5.74) is 6.06. The van der Waals surface area contributed by atoms with Crippen molar-refractivity contribution in [2.45, 2.75) is 25.4 Å². The van der Waals surface area contributed by atoms with E-state index in [1.54, 1.807) is 12.1 Å². The summed E-state index contributed by atoms with van der Waals surface area (Å²) >= 11 is 0. The van der Waals surface area contributed by atoms with Crippen molar-refractivity contribution in [1.82, 2.24) is 0 Å². The maximum absolute atomic E-state index is 11.1. The van der Waals surface area contributed by atoms with Gasteiger partial charge in [-0.25, -0.2) is 4.79 Å². The van der Waals surface area contributed by atoms with Crippen molar-refractivity contribution in [3.05, 3.63) is 23.8 Å². The molecule has 0 radical (unpaired) electrons. The van der Waals surface area contributed by atoms with Crippen LogP contribution in [0.5, 0.6) is 5.75 Å². The van der Waals surface area contributed by atoms with E-state index < -0.39 is 5.97 Å². The van der Waals surface area contributed by atoms with Crippen molar-refractivity contribution in [3.8, 4) is 5.75 Å². The van der Waals surface area contributed by atoms with Gasteiger partial charge in [0, 0.05) is 12.3 Å². The van der Waals surface area contributed by atoms with Gasteiger partial charge in [0.2, 0.25) is 0 Å². The van der Waals surface area contributed by atoms with E-state index in [1.165, 1.54) is 6.07 Å². The largest absolute Gasteiger partial charge is 0.490 e. The van der Waals surface area contributed by atoms with Gasteiger partial charge in [0.05, 0.1) is 6.10 Å². The molecule has 5 heteroatoms. The predicted molar refractivity (Wildman–Crippen MR) is 66.9 cm³/mol. The van der Waals surface area contributed by atoms with E-state index in [0.717, 1.165) is 25.9 Å². The third kappa shape index (κ3) is 3.13. The Morgan fingerprint density at radius 3 is 3.00 bits per heavy atom. The number of benzene rings is 1. The minimum atomic E-state index is -1.04. The molecule has 98 valence electrons. The highest BCUT2D eigenvalue weighted by molar-refractivity contribution is 5.92. The highest BCUT2D eigenvalue weighted by atomic mass is 16.5. The van der Waals surface area contributed by atoms with Crippen LogP contribution in [0.2, 0.25) is 0 Å². The average molecular weight is 251 g/mol. The topological polar surface area (TPSA) is 81.8 Å². The monoisotopic (exact) mass is 251 g/mol. The molecular formula is C13H17NO4. The van der Waals surface area contributed by atoms with Crippen molar-refractivity contribution < 1.29 is 19.4 Å². The maximum atomic E-state index is 11.1. The first-order chi connectivity index (χ1) is 8.66. The number of anilines is 1. The molecule has 1 unspecified atom stereocenters. The second-order valence-electron chi connectivity index (χ2n) is 4.36. The first-order valence-electron chi connectivity index (χ1n) is 6.04. The van der Waals surface area contributed by atoms with Crippen molar-refractivity contribution in [2.24, 2.45) is 0 Å². The molecule has 0 amide bonds. The minimum absolute atomic E-state index is 0.0537. The number of nitrogen functional groups attached to an aromatic ring is 1. The van der Waals surface area contributed by atoms with Crippen molar-refractivity contribution in [1.29, 1.82) is 0 Å². The van der Waals surface area contributed by atoms with Gasteiger partial charge in [0.1, 0.15) is 17.9 Å². The van der Waals surface area contributed by atoms with Crippen LogP contribution in [-0.2, 0) is 4.74 Å². The van der Waals surface area contributed by atoms with Gasteiger partial charge in [-0.15, -0.1) is 0 Å². The second-order valence-corrected chi connectivity index (χ2v) is 4.36. The van der Waals surface area contributed by atoms with E-state index in [0.29, 0.717) is 18.0 Å². The summed E-state index contributed by atoms with van der Waals surface area (Å²) in [5.74, 6) is -0.701. The number of ether oxygens (including phenoxy) is 2. The lowest BCUT2D eigenvalue weighted by Crippen LogP contribution is -2.26. The second kappa shape index (κ2) is 5.73. The fourth-order valence-electron chi connectivity index (χ4n) is 1.96. The summed E-state index contributed by atoms with van der Waals surface area (Å²) in [6.07, 6.45) is 3.22. The number of hydrogen-bond donors (Lipinski definition) is 2. The van der Waals surface area contributed by atoms with E-state index in [4.69, 9.17) is 20.3 Å². The van der Waals surface area contributed by atoms with Crippen LogP contribution in [0.15, 0.2) is 18.2 Å². The van der Waals surface area contributed by atoms with Gasteiger partial charge in [-0.2, -0.15) is 0 Å². The van der Waals surface area contributed by atoms with Gasteiger partial charge in [0.15, 0.2) is 0 Å². The Hall–Kier alpha value is -1.75. The Labute approximate surface area is 106 Å². The summed E-state index contributed by atoms with van der Waals surface area (Å²) < 4.78 is 11.1. The van der Waals surface area contributed by atoms with Crippen LogP contribution in [0, 0.1) is 0 Å². The zero-order valence-electron chi connectivity index (χ0n) is 10.1. The number of rotatable bonds is 4. The molecule has 18 heavy (non-hydrogen) atoms. The molecule has 1 atom stereocenters. The fraction of sp³-hybridized carbons (Fsp3) is 0.462. The van der Waals surface area contributed by atoms with Crippen LogP contribution >= 0.6 is 0 Å². The van der Waals surface area contributed by atoms with Crippen molar-refractivity contribution >= 4 is 11.7 Å². The first kappa shape index (κ1) is 12.7. The van der Waals surface area contributed by atoms with Crippen LogP contribution in [-0.4, -0.2) is 30.4 Å². The summed E-state index contributed by atoms with van der Waals surface area (Å²) in [7, 11) is 0. The van der Waals surface area contributed by atoms with Gasteiger partial charge in [-0.05, 0) is 37.5 Å². The van der Waals surface area contributed by atoms with Crippen LogP contribution < -0.4 is 10.5 Å². The van der Waals surface area contributed by atoms with E-state index in [-0.39, 0.29) is 11.7 Å². The summed E-state index contributed by atoms with van der Waals surface area (Å²) in [6.45, 7) is 1.13. The molecule has 1 aliphatic heterocycles. The lowest BCUT2D eigenvalue weighted by atomic mass is 10.1. The number of carboxylic acid groups (broad SMARTS) is 1. The van der Waals surface area contributed by atoms with Gasteiger partial charge >= 0.3 is 5.97 Å². The van der Waals surface area contributed by atoms with Gasteiger partial charge in [-0.1, -0.05) is 0 Å². The van der Waals surface area contributed by atoms with E-state index in [2.05, 4.69) is 0 Å². The van der Waals surface area contributed by atoms with Crippen LogP contribution in [0.1, 0.15) is 29.6 Å². The number of aromatic carboxylic acids is 1. The Morgan fingerprint density at radius 2 is 2.33 bits per heavy atom. The van der Waals surface area contributed by atoms with E-state index >= 15 is 0 Å². The van der Waals surface area contributed by atoms with Gasteiger partial charge in [0.25, 0.3) is 0 Å². The highest BCUT2D eigenvalue weighted by Crippen LogP contribution is 2.22. The van der Waals surface area contributed by atoms with Crippen LogP contribution in [0.3, 0.4) is 0 Å². The molecule has 0 aliphatic carbocycles.